The predicted molar refractivity (Wildman–Crippen MR) is 184 cm³/mol. The highest BCUT2D eigenvalue weighted by Gasteiger charge is 2.45. The number of benzene rings is 5. The fourth-order valence-electron chi connectivity index (χ4n) is 7.78. The molecule has 1 unspecified atom stereocenters. The highest BCUT2D eigenvalue weighted by atomic mass is 15.2. The number of hydrogen-bond donors (Lipinski definition) is 0. The van der Waals surface area contributed by atoms with E-state index in [-0.39, 0.29) is 10.8 Å². The van der Waals surface area contributed by atoms with E-state index in [1.165, 1.54) is 61.0 Å². The normalized spacial score (nSPS) is 20.3. The van der Waals surface area contributed by atoms with Gasteiger partial charge in [0.2, 0.25) is 5.69 Å². The molecule has 2 aliphatic heterocycles. The standard InChI is InChI=1S/C41H39N2/c1-40(2)36(42(4)34-26-24-30-18-12-14-20-32(30)38(34)40)22-10-7-11-23-37-41(3,28-29-16-8-6-9-17-29)39-33-21-15-13-19-31(33)25-27-35(39)43(37)5/h6-27H,28H2,1-5H3/q+1. The van der Waals surface area contributed by atoms with Gasteiger partial charge in [-0.05, 0) is 78.1 Å². The zero-order chi connectivity index (χ0) is 29.8. The molecule has 7 rings (SSSR count). The van der Waals surface area contributed by atoms with Gasteiger partial charge < -0.3 is 4.90 Å². The Morgan fingerprint density at radius 1 is 0.674 bits per heavy atom. The van der Waals surface area contributed by atoms with Crippen molar-refractivity contribution in [3.8, 4) is 0 Å². The molecule has 2 heteroatoms. The van der Waals surface area contributed by atoms with Crippen LogP contribution in [0.2, 0.25) is 0 Å². The van der Waals surface area contributed by atoms with Crippen LogP contribution in [-0.2, 0) is 17.3 Å². The second-order valence-electron chi connectivity index (χ2n) is 12.8. The topological polar surface area (TPSA) is 6.25 Å². The Hall–Kier alpha value is -4.69. The molecule has 2 nitrogen and oxygen atoms in total. The van der Waals surface area contributed by atoms with Crippen molar-refractivity contribution in [1.82, 2.24) is 0 Å². The Balaban J connectivity index is 1.24. The van der Waals surface area contributed by atoms with Gasteiger partial charge in [-0.15, -0.1) is 0 Å². The molecular weight excluding hydrogens is 520 g/mol. The molecule has 43 heavy (non-hydrogen) atoms. The second kappa shape index (κ2) is 10.2. The molecule has 2 heterocycles. The van der Waals surface area contributed by atoms with E-state index in [1.54, 1.807) is 0 Å². The first-order valence-corrected chi connectivity index (χ1v) is 15.3. The Kier molecular flexibility index (Phi) is 6.47. The fourth-order valence-corrected chi connectivity index (χ4v) is 7.78. The van der Waals surface area contributed by atoms with E-state index in [2.05, 4.69) is 178 Å². The summed E-state index contributed by atoms with van der Waals surface area (Å²) in [6.07, 6.45) is 12.1. The van der Waals surface area contributed by atoms with E-state index in [9.17, 15) is 0 Å². The lowest BCUT2D eigenvalue weighted by Gasteiger charge is -2.29. The van der Waals surface area contributed by atoms with Crippen LogP contribution < -0.4 is 4.90 Å². The zero-order valence-electron chi connectivity index (χ0n) is 25.8. The van der Waals surface area contributed by atoms with Crippen LogP contribution in [0.25, 0.3) is 21.5 Å². The molecule has 0 aromatic heterocycles. The van der Waals surface area contributed by atoms with Crippen molar-refractivity contribution in [2.75, 3.05) is 19.0 Å². The van der Waals surface area contributed by atoms with E-state index in [4.69, 9.17) is 0 Å². The minimum atomic E-state index is -0.161. The predicted octanol–water partition coefficient (Wildman–Crippen LogP) is 9.65. The van der Waals surface area contributed by atoms with Crippen molar-refractivity contribution in [2.45, 2.75) is 38.0 Å². The van der Waals surface area contributed by atoms with Gasteiger partial charge in [0.25, 0.3) is 0 Å². The molecular formula is C41H39N2+. The van der Waals surface area contributed by atoms with Crippen LogP contribution in [0.15, 0.2) is 139 Å². The molecule has 212 valence electrons. The third kappa shape index (κ3) is 4.28. The Morgan fingerprint density at radius 3 is 2.02 bits per heavy atom. The molecule has 0 fully saturated rings. The average Bonchev–Trinajstić information content (AvgIpc) is 3.35. The van der Waals surface area contributed by atoms with Gasteiger partial charge in [-0.2, -0.15) is 4.58 Å². The SMILES string of the molecule is CN1/C(=C/C=C/C=C/C2=[N+](C)c3ccc4ccccc4c3C2(C)C)C(C)(Cc2ccccc2)c2c1ccc1ccccc21. The molecule has 5 aromatic rings. The first-order valence-electron chi connectivity index (χ1n) is 15.3. The lowest BCUT2D eigenvalue weighted by atomic mass is 9.74. The number of rotatable bonds is 5. The number of nitrogens with zero attached hydrogens (tertiary/aromatic N) is 2. The maximum atomic E-state index is 2.41. The Labute approximate surface area is 255 Å². The van der Waals surface area contributed by atoms with Crippen LogP contribution in [0.1, 0.15) is 37.5 Å². The fraction of sp³-hybridized carbons (Fsp3) is 0.195. The molecule has 0 amide bonds. The molecule has 0 bridgehead atoms. The van der Waals surface area contributed by atoms with Crippen LogP contribution in [0.3, 0.4) is 0 Å². The smallest absolute Gasteiger partial charge is 0.210 e. The molecule has 0 N–H and O–H groups in total. The van der Waals surface area contributed by atoms with Gasteiger partial charge in [0.05, 0.1) is 5.41 Å². The van der Waals surface area contributed by atoms with Gasteiger partial charge in [0, 0.05) is 41.6 Å². The lowest BCUT2D eigenvalue weighted by Crippen LogP contribution is -2.28. The van der Waals surface area contributed by atoms with Gasteiger partial charge in [-0.25, -0.2) is 0 Å². The number of anilines is 1. The van der Waals surface area contributed by atoms with Gasteiger partial charge in [-0.1, -0.05) is 103 Å². The van der Waals surface area contributed by atoms with Crippen molar-refractivity contribution >= 4 is 38.6 Å². The van der Waals surface area contributed by atoms with Crippen LogP contribution in [0, 0.1) is 0 Å². The van der Waals surface area contributed by atoms with Crippen LogP contribution in [0.4, 0.5) is 11.4 Å². The summed E-state index contributed by atoms with van der Waals surface area (Å²) < 4.78 is 2.36. The van der Waals surface area contributed by atoms with E-state index in [0.29, 0.717) is 0 Å². The van der Waals surface area contributed by atoms with Gasteiger partial charge in [-0.3, -0.25) is 0 Å². The van der Waals surface area contributed by atoms with Gasteiger partial charge in [0.15, 0.2) is 5.71 Å². The summed E-state index contributed by atoms with van der Waals surface area (Å²) in [4.78, 5) is 2.39. The van der Waals surface area contributed by atoms with E-state index < -0.39 is 0 Å². The summed E-state index contributed by atoms with van der Waals surface area (Å²) in [6.45, 7) is 7.10. The minimum absolute atomic E-state index is 0.0869. The first-order chi connectivity index (χ1) is 20.8. The summed E-state index contributed by atoms with van der Waals surface area (Å²) in [6, 6.07) is 37.5. The summed E-state index contributed by atoms with van der Waals surface area (Å²) in [7, 11) is 4.41. The van der Waals surface area contributed by atoms with Crippen molar-refractivity contribution in [1.29, 1.82) is 0 Å². The molecule has 0 saturated carbocycles. The molecule has 2 aliphatic rings. The molecule has 0 radical (unpaired) electrons. The lowest BCUT2D eigenvalue weighted by molar-refractivity contribution is -0.401. The van der Waals surface area contributed by atoms with Crippen molar-refractivity contribution in [3.63, 3.8) is 0 Å². The summed E-state index contributed by atoms with van der Waals surface area (Å²) in [5.41, 5.74) is 9.14. The number of hydrogen-bond acceptors (Lipinski definition) is 1. The highest BCUT2D eigenvalue weighted by molar-refractivity contribution is 6.07. The molecule has 1 atom stereocenters. The van der Waals surface area contributed by atoms with Crippen molar-refractivity contribution in [3.05, 3.63) is 156 Å². The maximum absolute atomic E-state index is 2.41. The highest BCUT2D eigenvalue weighted by Crippen LogP contribution is 2.52. The van der Waals surface area contributed by atoms with E-state index >= 15 is 0 Å². The van der Waals surface area contributed by atoms with Crippen LogP contribution >= 0.6 is 0 Å². The largest absolute Gasteiger partial charge is 0.347 e. The van der Waals surface area contributed by atoms with Crippen molar-refractivity contribution in [2.24, 2.45) is 0 Å². The maximum Gasteiger partial charge on any atom is 0.210 e. The summed E-state index contributed by atoms with van der Waals surface area (Å²) >= 11 is 0. The van der Waals surface area contributed by atoms with E-state index in [0.717, 1.165) is 6.42 Å². The van der Waals surface area contributed by atoms with Crippen molar-refractivity contribution < 1.29 is 4.58 Å². The minimum Gasteiger partial charge on any atom is -0.347 e. The molecule has 0 aliphatic carbocycles. The Bertz CT molecular complexity index is 2000. The van der Waals surface area contributed by atoms with Crippen LogP contribution in [0.5, 0.6) is 0 Å². The quantitative estimate of drug-likeness (QED) is 0.153. The average molecular weight is 560 g/mol. The molecule has 5 aromatic carbocycles. The molecule has 0 saturated heterocycles. The van der Waals surface area contributed by atoms with Gasteiger partial charge >= 0.3 is 0 Å². The van der Waals surface area contributed by atoms with Gasteiger partial charge in [0.1, 0.15) is 7.05 Å². The van der Waals surface area contributed by atoms with Crippen LogP contribution in [-0.4, -0.2) is 24.4 Å². The third-order valence-electron chi connectivity index (χ3n) is 9.77. The first kappa shape index (κ1) is 27.2. The molecule has 0 spiro atoms. The number of fused-ring (bicyclic) bond motifs is 6. The summed E-state index contributed by atoms with van der Waals surface area (Å²) in [5, 5.41) is 5.28. The monoisotopic (exact) mass is 559 g/mol. The number of likely N-dealkylation sites (N-methyl/N-ethyl adjacent to an activating group) is 1. The summed E-state index contributed by atoms with van der Waals surface area (Å²) in [5.74, 6) is 0. The van der Waals surface area contributed by atoms with E-state index in [1.807, 2.05) is 0 Å². The zero-order valence-corrected chi connectivity index (χ0v) is 25.8. The number of allylic oxidation sites excluding steroid dienone is 6. The Morgan fingerprint density at radius 2 is 1.30 bits per heavy atom. The second-order valence-corrected chi connectivity index (χ2v) is 12.8. The third-order valence-corrected chi connectivity index (χ3v) is 9.77.